The van der Waals surface area contributed by atoms with E-state index in [1.807, 2.05) is 0 Å². The van der Waals surface area contributed by atoms with E-state index in [4.69, 9.17) is 14.2 Å². The van der Waals surface area contributed by atoms with Gasteiger partial charge >= 0.3 is 12.1 Å². The number of rotatable bonds is 8. The van der Waals surface area contributed by atoms with Crippen molar-refractivity contribution in [3.8, 4) is 11.5 Å². The van der Waals surface area contributed by atoms with E-state index in [1.165, 1.54) is 7.11 Å². The van der Waals surface area contributed by atoms with Gasteiger partial charge in [-0.25, -0.2) is 8.78 Å². The molecule has 0 spiro atoms. The van der Waals surface area contributed by atoms with Crippen molar-refractivity contribution in [3.05, 3.63) is 53.1 Å². The molecule has 1 aliphatic heterocycles. The Labute approximate surface area is 237 Å². The maximum atomic E-state index is 14.8. The van der Waals surface area contributed by atoms with E-state index in [0.29, 0.717) is 37.8 Å². The molecule has 2 atom stereocenters. The minimum absolute atomic E-state index is 0.0989. The van der Waals surface area contributed by atoms with Crippen LogP contribution in [0.3, 0.4) is 0 Å². The molecule has 9 nitrogen and oxygen atoms in total. The molecule has 1 heterocycles. The fourth-order valence-electron chi connectivity index (χ4n) is 4.97. The van der Waals surface area contributed by atoms with Crippen LogP contribution in [0.25, 0.3) is 0 Å². The molecule has 0 unspecified atom stereocenters. The molecule has 0 aromatic heterocycles. The van der Waals surface area contributed by atoms with Crippen LogP contribution in [0.1, 0.15) is 48.5 Å². The lowest BCUT2D eigenvalue weighted by atomic mass is 9.75. The summed E-state index contributed by atoms with van der Waals surface area (Å²) in [6.07, 6.45) is -4.05. The predicted molar refractivity (Wildman–Crippen MR) is 137 cm³/mol. The van der Waals surface area contributed by atoms with Crippen molar-refractivity contribution in [2.75, 3.05) is 25.6 Å². The Hall–Kier alpha value is -3.94. The molecule has 2 aliphatic rings. The molecule has 0 radical (unpaired) electrons. The Bertz CT molecular complexity index is 1360. The Morgan fingerprint density at radius 3 is 2.33 bits per heavy atom. The highest BCUT2D eigenvalue weighted by Crippen LogP contribution is 2.39. The first kappa shape index (κ1) is 31.0. The zero-order chi connectivity index (χ0) is 30.8. The number of hydrogen-bond acceptors (Lipinski definition) is 6. The molecule has 2 fully saturated rings. The molecule has 1 saturated carbocycles. The highest BCUT2D eigenvalue weighted by atomic mass is 19.4. The number of benzene rings is 2. The summed E-state index contributed by atoms with van der Waals surface area (Å²) in [7, 11) is 1.23. The average Bonchev–Trinajstić information content (AvgIpc) is 3.39. The summed E-state index contributed by atoms with van der Waals surface area (Å²) in [6.45, 7) is 1.38. The minimum Gasteiger partial charge on any atom is -0.496 e. The van der Waals surface area contributed by atoms with E-state index in [0.717, 1.165) is 18.2 Å². The lowest BCUT2D eigenvalue weighted by Crippen LogP contribution is -2.44. The summed E-state index contributed by atoms with van der Waals surface area (Å²) in [5.41, 5.74) is -2.84. The molecule has 2 aromatic carbocycles. The average molecular weight is 601 g/mol. The van der Waals surface area contributed by atoms with E-state index in [-0.39, 0.29) is 36.0 Å². The molecule has 1 aliphatic carbocycles. The van der Waals surface area contributed by atoms with Gasteiger partial charge in [0, 0.05) is 11.8 Å². The predicted octanol–water partition coefficient (Wildman–Crippen LogP) is 4.79. The second-order valence-electron chi connectivity index (χ2n) is 10.6. The van der Waals surface area contributed by atoms with Gasteiger partial charge in [-0.15, -0.1) is 0 Å². The van der Waals surface area contributed by atoms with Gasteiger partial charge in [0.05, 0.1) is 54.9 Å². The number of carboxylic acids is 1. The molecule has 2 aromatic rings. The van der Waals surface area contributed by atoms with Gasteiger partial charge in [0.1, 0.15) is 11.6 Å². The first-order valence-corrected chi connectivity index (χ1v) is 13.1. The molecule has 1 saturated heterocycles. The first-order chi connectivity index (χ1) is 19.7. The Kier molecular flexibility index (Phi) is 8.95. The zero-order valence-electron chi connectivity index (χ0n) is 22.6. The van der Waals surface area contributed by atoms with Crippen LogP contribution in [0.15, 0.2) is 30.3 Å². The summed E-state index contributed by atoms with van der Waals surface area (Å²) in [6, 6.07) is 3.24. The number of methoxy groups -OCH3 is 1. The van der Waals surface area contributed by atoms with Gasteiger partial charge in [0.2, 0.25) is 5.91 Å². The Balaban J connectivity index is 1.46. The van der Waals surface area contributed by atoms with Crippen LogP contribution in [0.5, 0.6) is 11.5 Å². The van der Waals surface area contributed by atoms with E-state index >= 15 is 0 Å². The van der Waals surface area contributed by atoms with E-state index < -0.39 is 64.6 Å². The Morgan fingerprint density at radius 1 is 1.02 bits per heavy atom. The first-order valence-electron chi connectivity index (χ1n) is 13.1. The fraction of sp³-hybridized carbons (Fsp3) is 0.464. The number of halogens is 5. The fourth-order valence-corrected chi connectivity index (χ4v) is 4.97. The molecule has 14 heteroatoms. The number of carbonyl (C=O) groups is 3. The summed E-state index contributed by atoms with van der Waals surface area (Å²) in [4.78, 5) is 37.6. The molecule has 228 valence electrons. The van der Waals surface area contributed by atoms with E-state index in [1.54, 1.807) is 6.92 Å². The van der Waals surface area contributed by atoms with E-state index in [2.05, 4.69) is 10.6 Å². The number of nitrogens with one attached hydrogen (secondary N) is 2. The second-order valence-corrected chi connectivity index (χ2v) is 10.6. The number of amides is 2. The smallest absolute Gasteiger partial charge is 0.419 e. The van der Waals surface area contributed by atoms with Gasteiger partial charge in [-0.3, -0.25) is 14.4 Å². The monoisotopic (exact) mass is 600 g/mol. The van der Waals surface area contributed by atoms with E-state index in [9.17, 15) is 41.4 Å². The maximum absolute atomic E-state index is 14.8. The van der Waals surface area contributed by atoms with Gasteiger partial charge in [0.25, 0.3) is 5.91 Å². The van der Waals surface area contributed by atoms with Crippen molar-refractivity contribution < 1.29 is 55.7 Å². The summed E-state index contributed by atoms with van der Waals surface area (Å²) >= 11 is 0. The standard InChI is InChI=1S/C28H29F5N2O7/c1-27(26(38)39)7-5-15(6-8-27)42-23-10-16(22(40-2)11-20(23)30)24(36)35-21-13-41-12-17(21)25(37)34-14-3-4-19(29)18(9-14)28(31,32)33/h3-4,9-11,15,17,21H,5-8,12-13H2,1-2H3,(H,34,37)(H,35,36)(H,38,39)/t15-,17-,21+,27+/m0/s1. The number of anilines is 1. The lowest BCUT2D eigenvalue weighted by molar-refractivity contribution is -0.150. The zero-order valence-corrected chi connectivity index (χ0v) is 22.6. The maximum Gasteiger partial charge on any atom is 0.419 e. The number of ether oxygens (including phenoxy) is 3. The van der Waals surface area contributed by atoms with Gasteiger partial charge in [0.15, 0.2) is 11.6 Å². The van der Waals surface area contributed by atoms with Gasteiger partial charge in [-0.1, -0.05) is 0 Å². The number of hydrogen-bond donors (Lipinski definition) is 3. The number of aliphatic carboxylic acids is 1. The molecule has 3 N–H and O–H groups in total. The Morgan fingerprint density at radius 2 is 1.71 bits per heavy atom. The number of carboxylic acid groups (broad SMARTS) is 1. The SMILES string of the molecule is COc1cc(F)c(O[C@H]2CC[C@@](C)(C(=O)O)CC2)cc1C(=O)N[C@@H]1COC[C@@H]1C(=O)Nc1ccc(F)c(C(F)(F)F)c1. The largest absolute Gasteiger partial charge is 0.496 e. The highest BCUT2D eigenvalue weighted by Gasteiger charge is 2.39. The van der Waals surface area contributed by atoms with Crippen molar-refractivity contribution >= 4 is 23.5 Å². The van der Waals surface area contributed by atoms with Crippen LogP contribution in [0.2, 0.25) is 0 Å². The van der Waals surface area contributed by atoms with Gasteiger partial charge < -0.3 is 30.0 Å². The quantitative estimate of drug-likeness (QED) is 0.373. The van der Waals surface area contributed by atoms with Crippen molar-refractivity contribution in [2.45, 2.75) is 50.9 Å². The summed E-state index contributed by atoms with van der Waals surface area (Å²) in [5, 5.41) is 14.3. The van der Waals surface area contributed by atoms with Crippen LogP contribution < -0.4 is 20.1 Å². The minimum atomic E-state index is -4.97. The lowest BCUT2D eigenvalue weighted by Gasteiger charge is -2.34. The van der Waals surface area contributed by atoms with Crippen molar-refractivity contribution in [2.24, 2.45) is 11.3 Å². The van der Waals surface area contributed by atoms with Crippen LogP contribution in [-0.2, 0) is 20.5 Å². The van der Waals surface area contributed by atoms with Gasteiger partial charge in [-0.2, -0.15) is 13.2 Å². The molecule has 4 rings (SSSR count). The molecule has 2 amide bonds. The number of carbonyl (C=O) groups excluding carboxylic acids is 2. The third-order valence-corrected chi connectivity index (χ3v) is 7.62. The normalized spacial score (nSPS) is 24.1. The van der Waals surface area contributed by atoms with Crippen molar-refractivity contribution in [1.29, 1.82) is 0 Å². The molecular formula is C28H29F5N2O7. The van der Waals surface area contributed by atoms with Crippen molar-refractivity contribution in [3.63, 3.8) is 0 Å². The number of alkyl halides is 3. The van der Waals surface area contributed by atoms with Gasteiger partial charge in [-0.05, 0) is 56.9 Å². The highest BCUT2D eigenvalue weighted by molar-refractivity contribution is 5.99. The van der Waals surface area contributed by atoms with Crippen LogP contribution in [-0.4, -0.2) is 55.4 Å². The third-order valence-electron chi connectivity index (χ3n) is 7.62. The molecular weight excluding hydrogens is 571 g/mol. The van der Waals surface area contributed by atoms with Crippen molar-refractivity contribution in [1.82, 2.24) is 5.32 Å². The summed E-state index contributed by atoms with van der Waals surface area (Å²) in [5.74, 6) is -6.10. The van der Waals surface area contributed by atoms with Crippen LogP contribution in [0, 0.1) is 23.0 Å². The second kappa shape index (κ2) is 12.1. The van der Waals surface area contributed by atoms with Crippen LogP contribution >= 0.6 is 0 Å². The van der Waals surface area contributed by atoms with Crippen LogP contribution in [0.4, 0.5) is 27.6 Å². The molecule has 0 bridgehead atoms. The third kappa shape index (κ3) is 6.75. The molecule has 42 heavy (non-hydrogen) atoms. The topological polar surface area (TPSA) is 123 Å². The summed E-state index contributed by atoms with van der Waals surface area (Å²) < 4.78 is 83.9.